The lowest BCUT2D eigenvalue weighted by Gasteiger charge is -2.40. The molecule has 9 nitrogen and oxygen atoms in total. The SMILES string of the molecule is CCCCCCCCCCCCCC[C@@H](O)[C@@H](O)CCO[C@H]1OC(CNC(=O)Cc2ccc3ccccc3c2)[C@H](O)[C@H](O)C1O. The number of hydrogen-bond donors (Lipinski definition) is 6. The van der Waals surface area contributed by atoms with Crippen molar-refractivity contribution in [1.82, 2.24) is 5.32 Å². The quantitative estimate of drug-likeness (QED) is 0.104. The number of amides is 1. The molecule has 0 spiro atoms. The molecule has 0 saturated carbocycles. The summed E-state index contributed by atoms with van der Waals surface area (Å²) in [5.41, 5.74) is 0.840. The third-order valence-electron chi connectivity index (χ3n) is 8.84. The van der Waals surface area contributed by atoms with Gasteiger partial charge in [0.1, 0.15) is 24.4 Å². The minimum atomic E-state index is -1.53. The van der Waals surface area contributed by atoms with Gasteiger partial charge in [-0.25, -0.2) is 0 Å². The van der Waals surface area contributed by atoms with E-state index in [0.29, 0.717) is 6.42 Å². The van der Waals surface area contributed by atoms with Crippen molar-refractivity contribution in [2.24, 2.45) is 0 Å². The summed E-state index contributed by atoms with van der Waals surface area (Å²) < 4.78 is 11.3. The van der Waals surface area contributed by atoms with Crippen LogP contribution in [0.1, 0.15) is 102 Å². The normalized spacial score (nSPS) is 23.2. The summed E-state index contributed by atoms with van der Waals surface area (Å²) in [7, 11) is 0. The molecule has 1 saturated heterocycles. The van der Waals surface area contributed by atoms with E-state index < -0.39 is 42.9 Å². The molecule has 9 heteroatoms. The number of unbranched alkanes of at least 4 members (excludes halogenated alkanes) is 11. The summed E-state index contributed by atoms with van der Waals surface area (Å²) in [6.07, 6.45) is 6.96. The van der Waals surface area contributed by atoms with Crippen LogP contribution in [0.5, 0.6) is 0 Å². The summed E-state index contributed by atoms with van der Waals surface area (Å²) in [6, 6.07) is 13.7. The van der Waals surface area contributed by atoms with Gasteiger partial charge in [0, 0.05) is 6.54 Å². The van der Waals surface area contributed by atoms with Gasteiger partial charge in [0.15, 0.2) is 6.29 Å². The second-order valence-electron chi connectivity index (χ2n) is 12.6. The van der Waals surface area contributed by atoms with Crippen molar-refractivity contribution in [2.45, 2.75) is 146 Å². The number of ether oxygens (including phenoxy) is 2. The molecule has 2 unspecified atom stereocenters. The Balaban J connectivity index is 1.29. The van der Waals surface area contributed by atoms with Crippen molar-refractivity contribution in [3.8, 4) is 0 Å². The van der Waals surface area contributed by atoms with Crippen LogP contribution in [0.15, 0.2) is 42.5 Å². The number of carbonyl (C=O) groups excluding carboxylic acids is 1. The second-order valence-corrected chi connectivity index (χ2v) is 12.6. The Labute approximate surface area is 269 Å². The minimum Gasteiger partial charge on any atom is -0.390 e. The van der Waals surface area contributed by atoms with Gasteiger partial charge in [0.05, 0.1) is 25.2 Å². The smallest absolute Gasteiger partial charge is 0.224 e. The molecule has 3 rings (SSSR count). The van der Waals surface area contributed by atoms with Crippen LogP contribution < -0.4 is 5.32 Å². The van der Waals surface area contributed by atoms with Gasteiger partial charge in [-0.15, -0.1) is 0 Å². The highest BCUT2D eigenvalue weighted by molar-refractivity contribution is 5.85. The number of benzene rings is 2. The molecular formula is C36H57NO8. The summed E-state index contributed by atoms with van der Waals surface area (Å²) in [5.74, 6) is -0.274. The number of hydrogen-bond acceptors (Lipinski definition) is 8. The standard InChI is InChI=1S/C36H57NO8/c1-2-3-4-5-6-7-8-9-10-11-12-13-18-29(38)30(39)21-22-44-36-35(43)34(42)33(41)31(45-36)25-37-32(40)24-26-19-20-27-16-14-15-17-28(27)23-26/h14-17,19-20,23,29-31,33-36,38-39,41-43H,2-13,18,21-22,24-25H2,1H3,(H,37,40)/t29-,30+,31?,33+,34+,35?,36+/m1/s1. The van der Waals surface area contributed by atoms with Gasteiger partial charge in [0.25, 0.3) is 0 Å². The summed E-state index contributed by atoms with van der Waals surface area (Å²) in [4.78, 5) is 12.6. The molecule has 2 aromatic carbocycles. The van der Waals surface area contributed by atoms with E-state index in [2.05, 4.69) is 12.2 Å². The summed E-state index contributed by atoms with van der Waals surface area (Å²) in [6.45, 7) is 2.13. The Bertz CT molecular complexity index is 1100. The third kappa shape index (κ3) is 13.3. The van der Waals surface area contributed by atoms with E-state index in [1.54, 1.807) is 0 Å². The first kappa shape index (κ1) is 37.3. The molecular weight excluding hydrogens is 574 g/mol. The lowest BCUT2D eigenvalue weighted by Crippen LogP contribution is -2.60. The van der Waals surface area contributed by atoms with Crippen molar-refractivity contribution in [2.75, 3.05) is 13.2 Å². The highest BCUT2D eigenvalue weighted by atomic mass is 16.7. The van der Waals surface area contributed by atoms with Crippen molar-refractivity contribution >= 4 is 16.7 Å². The molecule has 0 radical (unpaired) electrons. The topological polar surface area (TPSA) is 149 Å². The minimum absolute atomic E-state index is 0.0255. The van der Waals surface area contributed by atoms with E-state index in [9.17, 15) is 30.3 Å². The first-order chi connectivity index (χ1) is 21.8. The Morgan fingerprint density at radius 1 is 0.778 bits per heavy atom. The Kier molecular flexibility index (Phi) is 17.3. The maximum atomic E-state index is 12.6. The molecule has 2 aromatic rings. The average molecular weight is 632 g/mol. The largest absolute Gasteiger partial charge is 0.390 e. The molecule has 254 valence electrons. The maximum Gasteiger partial charge on any atom is 0.224 e. The lowest BCUT2D eigenvalue weighted by atomic mass is 9.98. The van der Waals surface area contributed by atoms with Crippen LogP contribution in [0.2, 0.25) is 0 Å². The number of carbonyl (C=O) groups is 1. The van der Waals surface area contributed by atoms with Gasteiger partial charge in [-0.05, 0) is 29.2 Å². The highest BCUT2D eigenvalue weighted by Gasteiger charge is 2.44. The first-order valence-corrected chi connectivity index (χ1v) is 17.2. The van der Waals surface area contributed by atoms with Crippen molar-refractivity contribution in [3.63, 3.8) is 0 Å². The Hall–Kier alpha value is -2.11. The lowest BCUT2D eigenvalue weighted by molar-refractivity contribution is -0.296. The molecule has 0 bridgehead atoms. The Morgan fingerprint density at radius 2 is 1.38 bits per heavy atom. The van der Waals surface area contributed by atoms with E-state index in [4.69, 9.17) is 9.47 Å². The molecule has 0 aliphatic carbocycles. The van der Waals surface area contributed by atoms with Gasteiger partial charge < -0.3 is 40.3 Å². The van der Waals surface area contributed by atoms with Crippen LogP contribution in [-0.4, -0.2) is 87.5 Å². The second kappa shape index (κ2) is 20.9. The van der Waals surface area contributed by atoms with Crippen molar-refractivity contribution in [3.05, 3.63) is 48.0 Å². The molecule has 1 fully saturated rings. The molecule has 1 aliphatic heterocycles. The molecule has 6 N–H and O–H groups in total. The Morgan fingerprint density at radius 3 is 2.04 bits per heavy atom. The van der Waals surface area contributed by atoms with Crippen LogP contribution in [0.3, 0.4) is 0 Å². The fraction of sp³-hybridized carbons (Fsp3) is 0.694. The molecule has 1 heterocycles. The first-order valence-electron chi connectivity index (χ1n) is 17.2. The van der Waals surface area contributed by atoms with Crippen LogP contribution in [0.4, 0.5) is 0 Å². The zero-order valence-electron chi connectivity index (χ0n) is 27.1. The van der Waals surface area contributed by atoms with E-state index in [1.165, 1.54) is 57.8 Å². The predicted molar refractivity (Wildman–Crippen MR) is 176 cm³/mol. The van der Waals surface area contributed by atoms with Gasteiger partial charge in [0.2, 0.25) is 5.91 Å². The molecule has 7 atom stereocenters. The van der Waals surface area contributed by atoms with Crippen LogP contribution >= 0.6 is 0 Å². The zero-order valence-corrected chi connectivity index (χ0v) is 27.1. The van der Waals surface area contributed by atoms with Crippen LogP contribution in [0, 0.1) is 0 Å². The average Bonchev–Trinajstić information content (AvgIpc) is 3.04. The number of fused-ring (bicyclic) bond motifs is 1. The number of rotatable bonds is 22. The van der Waals surface area contributed by atoms with Crippen LogP contribution in [-0.2, 0) is 20.7 Å². The van der Waals surface area contributed by atoms with Gasteiger partial charge >= 0.3 is 0 Å². The fourth-order valence-electron chi connectivity index (χ4n) is 5.92. The molecule has 45 heavy (non-hydrogen) atoms. The maximum absolute atomic E-state index is 12.6. The number of aliphatic hydroxyl groups excluding tert-OH is 5. The monoisotopic (exact) mass is 631 g/mol. The number of aliphatic hydroxyl groups is 5. The van der Waals surface area contributed by atoms with E-state index in [-0.39, 0.29) is 31.9 Å². The third-order valence-corrected chi connectivity index (χ3v) is 8.84. The molecule has 0 aromatic heterocycles. The fourth-order valence-corrected chi connectivity index (χ4v) is 5.92. The molecule has 1 amide bonds. The van der Waals surface area contributed by atoms with Gasteiger partial charge in [-0.2, -0.15) is 0 Å². The van der Waals surface area contributed by atoms with Crippen molar-refractivity contribution in [1.29, 1.82) is 0 Å². The molecule has 1 aliphatic rings. The van der Waals surface area contributed by atoms with Crippen LogP contribution in [0.25, 0.3) is 10.8 Å². The van der Waals surface area contributed by atoms with E-state index in [0.717, 1.165) is 35.6 Å². The number of nitrogens with one attached hydrogen (secondary N) is 1. The summed E-state index contributed by atoms with van der Waals surface area (Å²) in [5, 5.41) is 56.8. The van der Waals surface area contributed by atoms with E-state index in [1.807, 2.05) is 42.5 Å². The van der Waals surface area contributed by atoms with E-state index >= 15 is 0 Å². The highest BCUT2D eigenvalue weighted by Crippen LogP contribution is 2.23. The zero-order chi connectivity index (χ0) is 32.4. The predicted octanol–water partition coefficient (Wildman–Crippen LogP) is 4.53. The van der Waals surface area contributed by atoms with Crippen molar-refractivity contribution < 1.29 is 39.8 Å². The summed E-state index contributed by atoms with van der Waals surface area (Å²) >= 11 is 0. The van der Waals surface area contributed by atoms with Gasteiger partial charge in [-0.3, -0.25) is 4.79 Å². The van der Waals surface area contributed by atoms with Gasteiger partial charge in [-0.1, -0.05) is 126 Å².